The van der Waals surface area contributed by atoms with E-state index in [0.717, 1.165) is 11.3 Å². The molecule has 0 spiro atoms. The predicted molar refractivity (Wildman–Crippen MR) is 54.1 cm³/mol. The summed E-state index contributed by atoms with van der Waals surface area (Å²) in [7, 11) is 1.40. The van der Waals surface area contributed by atoms with E-state index >= 15 is 0 Å². The number of carbonyl (C=O) groups is 1. The van der Waals surface area contributed by atoms with Gasteiger partial charge in [0.1, 0.15) is 0 Å². The summed E-state index contributed by atoms with van der Waals surface area (Å²) in [6, 6.07) is 1.33. The van der Waals surface area contributed by atoms with Gasteiger partial charge in [-0.05, 0) is 0 Å². The Morgan fingerprint density at radius 1 is 1.80 bits per heavy atom. The van der Waals surface area contributed by atoms with Gasteiger partial charge in [0.2, 0.25) is 0 Å². The van der Waals surface area contributed by atoms with E-state index in [1.54, 1.807) is 0 Å². The first-order valence-corrected chi connectivity index (χ1v) is 4.66. The van der Waals surface area contributed by atoms with Gasteiger partial charge in [-0.25, -0.2) is 4.79 Å². The molecule has 0 radical (unpaired) electrons. The number of rotatable bonds is 3. The van der Waals surface area contributed by atoms with Gasteiger partial charge in [-0.2, -0.15) is 0 Å². The second kappa shape index (κ2) is 5.05. The molecule has 8 heteroatoms. The van der Waals surface area contributed by atoms with E-state index in [2.05, 4.69) is 15.3 Å². The Kier molecular flexibility index (Phi) is 3.75. The summed E-state index contributed by atoms with van der Waals surface area (Å²) in [5.41, 5.74) is 0.510. The molecule has 15 heavy (non-hydrogen) atoms. The summed E-state index contributed by atoms with van der Waals surface area (Å²) in [6.45, 7) is 0. The summed E-state index contributed by atoms with van der Waals surface area (Å²) in [5, 5.41) is 17.4. The van der Waals surface area contributed by atoms with Gasteiger partial charge in [0.15, 0.2) is 0 Å². The number of nitrogens with zero attached hydrogens (tertiary/aromatic N) is 2. The zero-order chi connectivity index (χ0) is 11.3. The fraction of sp³-hybridized carbons (Fsp3) is 0.143. The highest BCUT2D eigenvalue weighted by atomic mass is 32.1. The summed E-state index contributed by atoms with van der Waals surface area (Å²) in [6.07, 6.45) is 0.523. The smallest absolute Gasteiger partial charge is 0.323 e. The molecule has 0 bridgehead atoms. The minimum atomic E-state index is -0.698. The molecule has 0 atom stereocenters. The van der Waals surface area contributed by atoms with E-state index < -0.39 is 11.0 Å². The Hall–Kier alpha value is -1.96. The number of nitro groups is 1. The maximum atomic E-state index is 10.6. The summed E-state index contributed by atoms with van der Waals surface area (Å²) < 4.78 is 0. The van der Waals surface area contributed by atoms with Crippen LogP contribution in [0.4, 0.5) is 9.80 Å². The van der Waals surface area contributed by atoms with Crippen LogP contribution in [-0.4, -0.2) is 24.3 Å². The van der Waals surface area contributed by atoms with Crippen molar-refractivity contribution in [3.8, 4) is 0 Å². The van der Waals surface area contributed by atoms with E-state index in [-0.39, 0.29) is 5.00 Å². The first kappa shape index (κ1) is 11.1. The third-order valence-corrected chi connectivity index (χ3v) is 2.23. The average Bonchev–Trinajstić information content (AvgIpc) is 2.66. The number of oxime groups is 1. The lowest BCUT2D eigenvalue weighted by atomic mass is 10.4. The topological polar surface area (TPSA) is 93.8 Å². The summed E-state index contributed by atoms with van der Waals surface area (Å²) in [4.78, 5) is 24.7. The SMILES string of the molecule is CNC(=O)ON=Cc1csc([N+](=O)[O-])c1. The van der Waals surface area contributed by atoms with E-state index in [0.29, 0.717) is 5.56 Å². The van der Waals surface area contributed by atoms with Crippen molar-refractivity contribution in [3.05, 3.63) is 27.1 Å². The molecule has 80 valence electrons. The van der Waals surface area contributed by atoms with Crippen molar-refractivity contribution in [1.29, 1.82) is 0 Å². The van der Waals surface area contributed by atoms with Crippen molar-refractivity contribution in [3.63, 3.8) is 0 Å². The van der Waals surface area contributed by atoms with E-state index in [1.165, 1.54) is 24.7 Å². The molecule has 0 aliphatic heterocycles. The number of hydrogen-bond acceptors (Lipinski definition) is 6. The number of thiophene rings is 1. The number of hydrogen-bond donors (Lipinski definition) is 1. The lowest BCUT2D eigenvalue weighted by Gasteiger charge is -1.91. The predicted octanol–water partition coefficient (Wildman–Crippen LogP) is 1.35. The standard InChI is InChI=1S/C7H7N3O4S/c1-8-7(11)14-9-3-5-2-6(10(12)13)15-4-5/h2-4H,1H3,(H,8,11). The highest BCUT2D eigenvalue weighted by Gasteiger charge is 2.08. The Bertz CT molecular complexity index is 401. The first-order chi connectivity index (χ1) is 7.13. The van der Waals surface area contributed by atoms with Crippen LogP contribution in [0.15, 0.2) is 16.6 Å². The lowest BCUT2D eigenvalue weighted by Crippen LogP contribution is -2.16. The molecule has 1 heterocycles. The Labute approximate surface area is 88.5 Å². The lowest BCUT2D eigenvalue weighted by molar-refractivity contribution is -0.380. The average molecular weight is 229 g/mol. The third-order valence-electron chi connectivity index (χ3n) is 1.33. The third kappa shape index (κ3) is 3.35. The molecule has 0 aliphatic carbocycles. The monoisotopic (exact) mass is 229 g/mol. The summed E-state index contributed by atoms with van der Waals surface area (Å²) >= 11 is 0.976. The van der Waals surface area contributed by atoms with Crippen LogP contribution in [0, 0.1) is 10.1 Å². The van der Waals surface area contributed by atoms with Gasteiger partial charge in [0.25, 0.3) is 0 Å². The van der Waals surface area contributed by atoms with Crippen LogP contribution in [0.5, 0.6) is 0 Å². The zero-order valence-electron chi connectivity index (χ0n) is 7.67. The Morgan fingerprint density at radius 2 is 2.53 bits per heavy atom. The van der Waals surface area contributed by atoms with Gasteiger partial charge in [-0.3, -0.25) is 15.0 Å². The summed E-state index contributed by atoms with van der Waals surface area (Å²) in [5.74, 6) is 0. The van der Waals surface area contributed by atoms with Crippen molar-refractivity contribution in [2.45, 2.75) is 0 Å². The van der Waals surface area contributed by atoms with Crippen molar-refractivity contribution in [1.82, 2.24) is 5.32 Å². The first-order valence-electron chi connectivity index (χ1n) is 3.78. The van der Waals surface area contributed by atoms with Crippen LogP contribution >= 0.6 is 11.3 Å². The molecule has 1 amide bonds. The fourth-order valence-electron chi connectivity index (χ4n) is 0.683. The second-order valence-electron chi connectivity index (χ2n) is 2.34. The fourth-order valence-corrected chi connectivity index (χ4v) is 1.36. The van der Waals surface area contributed by atoms with Crippen molar-refractivity contribution >= 4 is 28.6 Å². The van der Waals surface area contributed by atoms with Gasteiger partial charge < -0.3 is 5.32 Å². The van der Waals surface area contributed by atoms with Crippen LogP contribution < -0.4 is 5.32 Å². The largest absolute Gasteiger partial charge is 0.433 e. The van der Waals surface area contributed by atoms with Crippen molar-refractivity contribution < 1.29 is 14.6 Å². The quantitative estimate of drug-likeness (QED) is 0.366. The molecule has 0 unspecified atom stereocenters. The van der Waals surface area contributed by atoms with E-state index in [9.17, 15) is 14.9 Å². The molecule has 0 fully saturated rings. The molecule has 1 N–H and O–H groups in total. The highest BCUT2D eigenvalue weighted by molar-refractivity contribution is 7.13. The molecular weight excluding hydrogens is 222 g/mol. The molecule has 0 aromatic carbocycles. The highest BCUT2D eigenvalue weighted by Crippen LogP contribution is 2.21. The van der Waals surface area contributed by atoms with Crippen molar-refractivity contribution in [2.24, 2.45) is 5.16 Å². The molecule has 7 nitrogen and oxygen atoms in total. The normalized spacial score (nSPS) is 10.2. The number of carbonyl (C=O) groups excluding carboxylic acids is 1. The molecule has 0 aliphatic rings. The maximum Gasteiger partial charge on any atom is 0.433 e. The Morgan fingerprint density at radius 3 is 3.07 bits per heavy atom. The van der Waals surface area contributed by atoms with Gasteiger partial charge >= 0.3 is 11.1 Å². The maximum absolute atomic E-state index is 10.6. The molecule has 0 saturated heterocycles. The van der Waals surface area contributed by atoms with Crippen LogP contribution in [0.2, 0.25) is 0 Å². The Balaban J connectivity index is 2.57. The van der Waals surface area contributed by atoms with E-state index in [4.69, 9.17) is 0 Å². The molecule has 1 aromatic heterocycles. The molecule has 0 saturated carbocycles. The van der Waals surface area contributed by atoms with Crippen molar-refractivity contribution in [2.75, 3.05) is 7.05 Å². The second-order valence-corrected chi connectivity index (χ2v) is 3.23. The number of nitrogens with one attached hydrogen (secondary N) is 1. The van der Waals surface area contributed by atoms with Gasteiger partial charge in [0, 0.05) is 24.1 Å². The molecule has 1 rings (SSSR count). The van der Waals surface area contributed by atoms with E-state index in [1.807, 2.05) is 0 Å². The van der Waals surface area contributed by atoms with Gasteiger partial charge in [-0.15, -0.1) is 0 Å². The molecule has 1 aromatic rings. The van der Waals surface area contributed by atoms with Crippen LogP contribution in [0.25, 0.3) is 0 Å². The van der Waals surface area contributed by atoms with Crippen LogP contribution in [0.1, 0.15) is 5.56 Å². The van der Waals surface area contributed by atoms with Crippen LogP contribution in [-0.2, 0) is 4.84 Å². The minimum absolute atomic E-state index is 0.0105. The minimum Gasteiger partial charge on any atom is -0.323 e. The zero-order valence-corrected chi connectivity index (χ0v) is 8.48. The van der Waals surface area contributed by atoms with Gasteiger partial charge in [0.05, 0.1) is 11.1 Å². The number of amides is 1. The van der Waals surface area contributed by atoms with Crippen LogP contribution in [0.3, 0.4) is 0 Å². The molecular formula is C7H7N3O4S. The van der Waals surface area contributed by atoms with Gasteiger partial charge in [-0.1, -0.05) is 16.5 Å².